The summed E-state index contributed by atoms with van der Waals surface area (Å²) in [5, 5.41) is 29.8. The van der Waals surface area contributed by atoms with Crippen LogP contribution in [0.4, 0.5) is 11.4 Å². The lowest BCUT2D eigenvalue weighted by molar-refractivity contribution is -0.991. The van der Waals surface area contributed by atoms with Crippen LogP contribution in [0.5, 0.6) is 0 Å². The largest absolute Gasteiger partial charge is 0.595 e. The molecular formula is C17H22N2O6. The molecule has 2 aliphatic carbocycles. The molecule has 3 rings (SSSR count). The molecule has 2 saturated carbocycles. The van der Waals surface area contributed by atoms with Crippen LogP contribution in [0.1, 0.15) is 43.5 Å². The number of nitro benzene ring substituents is 1. The first kappa shape index (κ1) is 17.8. The van der Waals surface area contributed by atoms with Gasteiger partial charge in [0.15, 0.2) is 5.69 Å². The van der Waals surface area contributed by atoms with Gasteiger partial charge in [-0.3, -0.25) is 10.1 Å². The lowest BCUT2D eigenvalue weighted by Gasteiger charge is -2.37. The van der Waals surface area contributed by atoms with E-state index in [1.165, 1.54) is 6.42 Å². The van der Waals surface area contributed by atoms with E-state index in [4.69, 9.17) is 9.94 Å². The predicted octanol–water partition coefficient (Wildman–Crippen LogP) is 2.23. The van der Waals surface area contributed by atoms with Gasteiger partial charge in [-0.2, -0.15) is 5.23 Å². The minimum absolute atomic E-state index is 0.104. The van der Waals surface area contributed by atoms with Gasteiger partial charge in [-0.05, 0) is 36.5 Å². The quantitative estimate of drug-likeness (QED) is 0.478. The molecule has 2 fully saturated rings. The summed E-state index contributed by atoms with van der Waals surface area (Å²) in [5.74, 6) is 0.753. The summed E-state index contributed by atoms with van der Waals surface area (Å²) in [6, 6.07) is 3.10. The zero-order chi connectivity index (χ0) is 18.4. The van der Waals surface area contributed by atoms with Crippen molar-refractivity contribution in [2.45, 2.75) is 33.1 Å². The van der Waals surface area contributed by atoms with E-state index >= 15 is 0 Å². The van der Waals surface area contributed by atoms with Crippen molar-refractivity contribution in [2.24, 2.45) is 23.2 Å². The van der Waals surface area contributed by atoms with Gasteiger partial charge in [0, 0.05) is 18.1 Å². The molecule has 0 aliphatic heterocycles. The van der Waals surface area contributed by atoms with Crippen LogP contribution < -0.4 is 5.23 Å². The van der Waals surface area contributed by atoms with Crippen LogP contribution in [0.15, 0.2) is 18.2 Å². The van der Waals surface area contributed by atoms with E-state index in [0.29, 0.717) is 11.8 Å². The van der Waals surface area contributed by atoms with Crippen LogP contribution in [0, 0.1) is 38.5 Å². The second kappa shape index (κ2) is 6.36. The number of esters is 1. The molecule has 0 heterocycles. The molecular weight excluding hydrogens is 328 g/mol. The van der Waals surface area contributed by atoms with Gasteiger partial charge in [0.1, 0.15) is 0 Å². The molecule has 1 aromatic carbocycles. The number of nitro groups is 1. The van der Waals surface area contributed by atoms with E-state index in [0.717, 1.165) is 31.0 Å². The standard InChI is InChI=1S/C17H22N2O6/c1-17(2)12-4-3-10(5-12)15(17)9-25-16(20)11-6-13(18(21)22)8-14(7-11)19(23)24/h6-8,10,12,15,18,21H,3-5,9H2,1-2H3. The first-order chi connectivity index (χ1) is 11.7. The van der Waals surface area contributed by atoms with Crippen molar-refractivity contribution >= 4 is 17.3 Å². The van der Waals surface area contributed by atoms with Crippen LogP contribution in [-0.2, 0) is 4.74 Å². The number of benzene rings is 1. The highest BCUT2D eigenvalue weighted by Gasteiger charge is 2.52. The smallest absolute Gasteiger partial charge is 0.338 e. The van der Waals surface area contributed by atoms with Crippen LogP contribution in [-0.4, -0.2) is 22.7 Å². The third kappa shape index (κ3) is 3.24. The molecule has 0 radical (unpaired) electrons. The molecule has 2 bridgehead atoms. The third-order valence-corrected chi connectivity index (χ3v) is 6.06. The van der Waals surface area contributed by atoms with Gasteiger partial charge in [-0.1, -0.05) is 13.8 Å². The molecule has 0 spiro atoms. The average molecular weight is 350 g/mol. The fourth-order valence-corrected chi connectivity index (χ4v) is 4.53. The maximum Gasteiger partial charge on any atom is 0.338 e. The number of nitrogens with one attached hydrogen (secondary N) is 1. The van der Waals surface area contributed by atoms with Crippen molar-refractivity contribution in [1.82, 2.24) is 0 Å². The maximum absolute atomic E-state index is 12.3. The number of ether oxygens (including phenoxy) is 1. The van der Waals surface area contributed by atoms with Gasteiger partial charge in [-0.15, -0.1) is 0 Å². The lowest BCUT2D eigenvalue weighted by Crippen LogP contribution is -2.99. The fourth-order valence-electron chi connectivity index (χ4n) is 4.53. The Balaban J connectivity index is 1.74. The van der Waals surface area contributed by atoms with E-state index in [1.807, 2.05) is 0 Å². The Hall–Kier alpha value is -2.03. The molecule has 2 N–H and O–H groups in total. The van der Waals surface area contributed by atoms with Crippen molar-refractivity contribution < 1.29 is 24.9 Å². The van der Waals surface area contributed by atoms with Crippen LogP contribution in [0.25, 0.3) is 0 Å². The molecule has 4 unspecified atom stereocenters. The highest BCUT2D eigenvalue weighted by Crippen LogP contribution is 2.59. The van der Waals surface area contributed by atoms with Gasteiger partial charge in [0.05, 0.1) is 23.2 Å². The van der Waals surface area contributed by atoms with Crippen LogP contribution in [0.2, 0.25) is 0 Å². The Labute approximate surface area is 145 Å². The molecule has 25 heavy (non-hydrogen) atoms. The minimum Gasteiger partial charge on any atom is -0.595 e. The molecule has 1 aromatic rings. The number of rotatable bonds is 5. The molecule has 2 aliphatic rings. The molecule has 8 nitrogen and oxygen atoms in total. The SMILES string of the molecule is CC1(C)C2CCC(C2)C1COC(=O)c1cc([N+](=O)[O-])cc([NH+]([O-])O)c1. The van der Waals surface area contributed by atoms with Crippen molar-refractivity contribution in [3.8, 4) is 0 Å². The van der Waals surface area contributed by atoms with Gasteiger partial charge < -0.3 is 9.94 Å². The summed E-state index contributed by atoms with van der Waals surface area (Å²) in [5.41, 5.74) is -0.737. The number of quaternary nitrogens is 1. The molecule has 0 aromatic heterocycles. The number of fused-ring (bicyclic) bond motifs is 2. The minimum atomic E-state index is -1.33. The summed E-state index contributed by atoms with van der Waals surface area (Å²) in [6.07, 6.45) is 3.53. The third-order valence-electron chi connectivity index (χ3n) is 6.06. The van der Waals surface area contributed by atoms with Gasteiger partial charge in [0.2, 0.25) is 0 Å². The topological polar surface area (TPSA) is 117 Å². The summed E-state index contributed by atoms with van der Waals surface area (Å²) in [4.78, 5) is 22.6. The Morgan fingerprint density at radius 1 is 1.40 bits per heavy atom. The summed E-state index contributed by atoms with van der Waals surface area (Å²) >= 11 is 0. The Morgan fingerprint density at radius 2 is 2.12 bits per heavy atom. The Morgan fingerprint density at radius 3 is 2.68 bits per heavy atom. The first-order valence-electron chi connectivity index (χ1n) is 8.40. The monoisotopic (exact) mass is 350 g/mol. The Bertz CT molecular complexity index is 702. The molecule has 0 amide bonds. The number of non-ortho nitro benzene ring substituents is 1. The van der Waals surface area contributed by atoms with E-state index in [2.05, 4.69) is 13.8 Å². The van der Waals surface area contributed by atoms with Crippen molar-refractivity contribution in [3.63, 3.8) is 0 Å². The highest BCUT2D eigenvalue weighted by atomic mass is 16.8. The predicted molar refractivity (Wildman–Crippen MR) is 87.3 cm³/mol. The second-order valence-corrected chi connectivity index (χ2v) is 7.63. The van der Waals surface area contributed by atoms with Crippen molar-refractivity contribution in [2.75, 3.05) is 6.61 Å². The first-order valence-corrected chi connectivity index (χ1v) is 8.40. The van der Waals surface area contributed by atoms with Gasteiger partial charge >= 0.3 is 5.97 Å². The number of hydrogen-bond donors (Lipinski definition) is 2. The zero-order valence-electron chi connectivity index (χ0n) is 14.2. The summed E-state index contributed by atoms with van der Waals surface area (Å²) < 4.78 is 5.42. The van der Waals surface area contributed by atoms with E-state index < -0.39 is 21.8 Å². The normalized spacial score (nSPS) is 27.9. The van der Waals surface area contributed by atoms with Crippen molar-refractivity contribution in [1.29, 1.82) is 0 Å². The average Bonchev–Trinajstić information content (AvgIpc) is 3.12. The van der Waals surface area contributed by atoms with Crippen molar-refractivity contribution in [3.05, 3.63) is 39.1 Å². The number of carbonyl (C=O) groups is 1. The molecule has 4 atom stereocenters. The van der Waals surface area contributed by atoms with Gasteiger partial charge in [0.25, 0.3) is 5.69 Å². The molecule has 0 saturated heterocycles. The fraction of sp³-hybridized carbons (Fsp3) is 0.588. The number of carbonyl (C=O) groups excluding carboxylic acids is 1. The lowest BCUT2D eigenvalue weighted by atomic mass is 9.69. The van der Waals surface area contributed by atoms with Gasteiger partial charge in [-0.25, -0.2) is 10.0 Å². The van der Waals surface area contributed by atoms with Crippen LogP contribution >= 0.6 is 0 Å². The number of hydrogen-bond acceptors (Lipinski definition) is 6. The second-order valence-electron chi connectivity index (χ2n) is 7.63. The maximum atomic E-state index is 12.3. The van der Waals surface area contributed by atoms with E-state index in [9.17, 15) is 20.1 Å². The van der Waals surface area contributed by atoms with E-state index in [1.54, 1.807) is 0 Å². The Kier molecular flexibility index (Phi) is 4.52. The molecule has 136 valence electrons. The van der Waals surface area contributed by atoms with E-state index in [-0.39, 0.29) is 29.2 Å². The van der Waals surface area contributed by atoms with Crippen LogP contribution in [0.3, 0.4) is 0 Å². The summed E-state index contributed by atoms with van der Waals surface area (Å²) in [6.45, 7) is 4.66. The highest BCUT2D eigenvalue weighted by molar-refractivity contribution is 5.91. The zero-order valence-corrected chi connectivity index (χ0v) is 14.2. The molecule has 8 heteroatoms. The summed E-state index contributed by atoms with van der Waals surface area (Å²) in [7, 11) is 0. The number of nitrogens with zero attached hydrogens (tertiary/aromatic N) is 1.